The normalized spacial score (nSPS) is 16.0. The van der Waals surface area contributed by atoms with E-state index in [1.165, 1.54) is 0 Å². The van der Waals surface area contributed by atoms with Gasteiger partial charge >= 0.3 is 17.9 Å². The second-order valence-corrected chi connectivity index (χ2v) is 8.61. The van der Waals surface area contributed by atoms with E-state index in [2.05, 4.69) is 16.0 Å². The number of nitrogens with one attached hydrogen (secondary N) is 3. The van der Waals surface area contributed by atoms with Crippen LogP contribution >= 0.6 is 0 Å². The molecule has 0 aliphatic carbocycles. The lowest BCUT2D eigenvalue weighted by Gasteiger charge is -2.28. The number of nitrogens with two attached hydrogens (primary N) is 1. The molecule has 3 amide bonds. The highest BCUT2D eigenvalue weighted by Gasteiger charge is 2.33. The minimum atomic E-state index is -1.37. The van der Waals surface area contributed by atoms with E-state index in [1.807, 2.05) is 0 Å². The Labute approximate surface area is 204 Å². The van der Waals surface area contributed by atoms with Gasteiger partial charge in [0, 0.05) is 12.8 Å². The summed E-state index contributed by atoms with van der Waals surface area (Å²) in [6.45, 7) is 6.81. The number of carboxylic acids is 3. The van der Waals surface area contributed by atoms with Gasteiger partial charge in [0.25, 0.3) is 0 Å². The third-order valence-corrected chi connectivity index (χ3v) is 5.86. The summed E-state index contributed by atoms with van der Waals surface area (Å²) in [6.07, 6.45) is -0.366. The molecule has 13 heteroatoms. The lowest BCUT2D eigenvalue weighted by molar-refractivity contribution is -0.144. The van der Waals surface area contributed by atoms with Crippen LogP contribution < -0.4 is 21.7 Å². The fraction of sp³-hybridized carbons (Fsp3) is 0.727. The molecular weight excluding hydrogens is 464 g/mol. The number of hydrogen-bond donors (Lipinski definition) is 7. The molecular formula is C22H38N4O9. The maximum absolute atomic E-state index is 13.0. The summed E-state index contributed by atoms with van der Waals surface area (Å²) < 4.78 is 0. The van der Waals surface area contributed by atoms with Crippen LogP contribution in [0.5, 0.6) is 0 Å². The van der Waals surface area contributed by atoms with Gasteiger partial charge in [-0.2, -0.15) is 0 Å². The van der Waals surface area contributed by atoms with E-state index < -0.39 is 78.1 Å². The Hall–Kier alpha value is -3.22. The van der Waals surface area contributed by atoms with Gasteiger partial charge < -0.3 is 37.0 Å². The van der Waals surface area contributed by atoms with E-state index >= 15 is 0 Å². The molecule has 200 valence electrons. The third kappa shape index (κ3) is 11.7. The van der Waals surface area contributed by atoms with Crippen molar-refractivity contribution in [2.45, 2.75) is 90.4 Å². The fourth-order valence-corrected chi connectivity index (χ4v) is 3.11. The number of aliphatic carboxylic acids is 3. The van der Waals surface area contributed by atoms with Crippen LogP contribution in [0.25, 0.3) is 0 Å². The fourth-order valence-electron chi connectivity index (χ4n) is 3.11. The zero-order valence-corrected chi connectivity index (χ0v) is 20.6. The molecule has 0 spiro atoms. The van der Waals surface area contributed by atoms with Crippen LogP contribution in [0.3, 0.4) is 0 Å². The van der Waals surface area contributed by atoms with Crippen LogP contribution in [0.1, 0.15) is 66.2 Å². The summed E-state index contributed by atoms with van der Waals surface area (Å²) in [4.78, 5) is 71.6. The molecule has 0 fully saturated rings. The number of carbonyl (C=O) groups excluding carboxylic acids is 3. The molecule has 0 saturated heterocycles. The molecule has 0 saturated carbocycles. The smallest absolute Gasteiger partial charge is 0.326 e. The molecule has 0 aromatic carbocycles. The minimum absolute atomic E-state index is 0.147. The molecule has 8 N–H and O–H groups in total. The van der Waals surface area contributed by atoms with Crippen molar-refractivity contribution in [1.82, 2.24) is 16.0 Å². The summed E-state index contributed by atoms with van der Waals surface area (Å²) in [6, 6.07) is -4.93. The van der Waals surface area contributed by atoms with Crippen molar-refractivity contribution in [3.63, 3.8) is 0 Å². The maximum Gasteiger partial charge on any atom is 0.326 e. The molecule has 0 bridgehead atoms. The summed E-state index contributed by atoms with van der Waals surface area (Å²) in [5.74, 6) is -6.85. The molecule has 13 nitrogen and oxygen atoms in total. The number of carbonyl (C=O) groups is 6. The Morgan fingerprint density at radius 1 is 0.686 bits per heavy atom. The first kappa shape index (κ1) is 31.8. The number of carboxylic acid groups (broad SMARTS) is 3. The average Bonchev–Trinajstić information content (AvgIpc) is 2.79. The van der Waals surface area contributed by atoms with Crippen LogP contribution in [0.4, 0.5) is 0 Å². The van der Waals surface area contributed by atoms with Crippen LogP contribution in [-0.2, 0) is 28.8 Å². The van der Waals surface area contributed by atoms with Gasteiger partial charge in [-0.3, -0.25) is 24.0 Å². The molecule has 0 aliphatic rings. The van der Waals surface area contributed by atoms with Crippen LogP contribution in [0.2, 0.25) is 0 Å². The topological polar surface area (TPSA) is 225 Å². The predicted octanol–water partition coefficient (Wildman–Crippen LogP) is -0.325. The quantitative estimate of drug-likeness (QED) is 0.137. The van der Waals surface area contributed by atoms with Crippen molar-refractivity contribution in [1.29, 1.82) is 0 Å². The molecule has 35 heavy (non-hydrogen) atoms. The van der Waals surface area contributed by atoms with E-state index in [4.69, 9.17) is 15.9 Å². The van der Waals surface area contributed by atoms with Gasteiger partial charge in [-0.25, -0.2) is 4.79 Å². The van der Waals surface area contributed by atoms with Crippen molar-refractivity contribution in [2.24, 2.45) is 17.6 Å². The maximum atomic E-state index is 13.0. The summed E-state index contributed by atoms with van der Waals surface area (Å²) in [7, 11) is 0. The monoisotopic (exact) mass is 502 g/mol. The zero-order valence-electron chi connectivity index (χ0n) is 20.6. The van der Waals surface area contributed by atoms with Gasteiger partial charge in [0.15, 0.2) is 0 Å². The van der Waals surface area contributed by atoms with E-state index in [0.717, 1.165) is 0 Å². The molecule has 0 aromatic rings. The lowest BCUT2D eigenvalue weighted by Crippen LogP contribution is -2.59. The van der Waals surface area contributed by atoms with Gasteiger partial charge in [-0.1, -0.05) is 40.5 Å². The van der Waals surface area contributed by atoms with Crippen molar-refractivity contribution in [2.75, 3.05) is 0 Å². The highest BCUT2D eigenvalue weighted by molar-refractivity contribution is 5.94. The minimum Gasteiger partial charge on any atom is -0.481 e. The summed E-state index contributed by atoms with van der Waals surface area (Å²) >= 11 is 0. The molecule has 6 unspecified atom stereocenters. The van der Waals surface area contributed by atoms with Gasteiger partial charge in [-0.05, 0) is 24.7 Å². The van der Waals surface area contributed by atoms with Crippen LogP contribution in [0.15, 0.2) is 0 Å². The van der Waals surface area contributed by atoms with Crippen LogP contribution in [0, 0.1) is 11.8 Å². The number of rotatable bonds is 17. The van der Waals surface area contributed by atoms with E-state index in [0.29, 0.717) is 12.8 Å². The van der Waals surface area contributed by atoms with Crippen molar-refractivity contribution < 1.29 is 44.1 Å². The molecule has 0 aromatic heterocycles. The van der Waals surface area contributed by atoms with Crippen molar-refractivity contribution in [3.8, 4) is 0 Å². The molecule has 6 atom stereocenters. The molecule has 0 rings (SSSR count). The average molecular weight is 503 g/mol. The summed E-state index contributed by atoms with van der Waals surface area (Å²) in [5.41, 5.74) is 5.72. The first-order chi connectivity index (χ1) is 16.2. The molecule has 0 aliphatic heterocycles. The largest absolute Gasteiger partial charge is 0.481 e. The highest BCUT2D eigenvalue weighted by atomic mass is 16.4. The van der Waals surface area contributed by atoms with Gasteiger partial charge in [0.1, 0.15) is 18.1 Å². The SMILES string of the molecule is CCC(C)C(NC(=O)C(CCC(=O)O)NC(=O)C(NC(=O)C(N)CCC(=O)O)C(C)CC)C(=O)O. The molecule has 0 heterocycles. The Morgan fingerprint density at radius 3 is 1.60 bits per heavy atom. The second-order valence-electron chi connectivity index (χ2n) is 8.61. The highest BCUT2D eigenvalue weighted by Crippen LogP contribution is 2.12. The standard InChI is InChI=1S/C22H38N4O9/c1-5-11(3)17(25-19(31)13(23)7-9-15(27)28)21(33)24-14(8-10-16(29)30)20(32)26-18(22(34)35)12(4)6-2/h11-14,17-18H,5-10,23H2,1-4H3,(H,24,33)(H,25,31)(H,26,32)(H,27,28)(H,29,30)(H,34,35). The Bertz CT molecular complexity index is 774. The first-order valence-electron chi connectivity index (χ1n) is 11.6. The van der Waals surface area contributed by atoms with Crippen molar-refractivity contribution >= 4 is 35.6 Å². The number of amides is 3. The van der Waals surface area contributed by atoms with Gasteiger partial charge in [0.2, 0.25) is 17.7 Å². The first-order valence-corrected chi connectivity index (χ1v) is 11.6. The Kier molecular flexibility index (Phi) is 14.2. The van der Waals surface area contributed by atoms with Crippen molar-refractivity contribution in [3.05, 3.63) is 0 Å². The second kappa shape index (κ2) is 15.6. The van der Waals surface area contributed by atoms with E-state index in [-0.39, 0.29) is 19.3 Å². The number of hydrogen-bond acceptors (Lipinski definition) is 7. The Balaban J connectivity index is 5.64. The third-order valence-electron chi connectivity index (χ3n) is 5.86. The van der Waals surface area contributed by atoms with Gasteiger partial charge in [0.05, 0.1) is 6.04 Å². The zero-order chi connectivity index (χ0) is 27.3. The van der Waals surface area contributed by atoms with Gasteiger partial charge in [-0.15, -0.1) is 0 Å². The lowest BCUT2D eigenvalue weighted by atomic mass is 9.96. The predicted molar refractivity (Wildman–Crippen MR) is 124 cm³/mol. The van der Waals surface area contributed by atoms with E-state index in [1.54, 1.807) is 27.7 Å². The van der Waals surface area contributed by atoms with Crippen LogP contribution in [-0.4, -0.2) is 75.1 Å². The molecule has 0 radical (unpaired) electrons. The summed E-state index contributed by atoms with van der Waals surface area (Å²) in [5, 5.41) is 34.5. The Morgan fingerprint density at radius 2 is 1.14 bits per heavy atom. The van der Waals surface area contributed by atoms with E-state index in [9.17, 15) is 33.9 Å².